The summed E-state index contributed by atoms with van der Waals surface area (Å²) >= 11 is 0. The molecule has 1 unspecified atom stereocenters. The van der Waals surface area contributed by atoms with E-state index in [0.717, 1.165) is 12.8 Å². The van der Waals surface area contributed by atoms with Crippen molar-refractivity contribution < 1.29 is 14.6 Å². The smallest absolute Gasteiger partial charge is 0.326 e. The Bertz CT molecular complexity index is 514. The van der Waals surface area contributed by atoms with E-state index in [9.17, 15) is 14.7 Å². The molecule has 0 amide bonds. The van der Waals surface area contributed by atoms with Crippen LogP contribution in [0.15, 0.2) is 10.9 Å². The lowest BCUT2D eigenvalue weighted by molar-refractivity contribution is -0.139. The highest BCUT2D eigenvalue weighted by atomic mass is 16.5. The third-order valence-electron chi connectivity index (χ3n) is 3.13. The number of hydrogen-bond donors (Lipinski definition) is 2. The second-order valence-electron chi connectivity index (χ2n) is 4.54. The summed E-state index contributed by atoms with van der Waals surface area (Å²) in [5.74, 6) is -0.578. The minimum Gasteiger partial charge on any atom is -0.480 e. The summed E-state index contributed by atoms with van der Waals surface area (Å²) < 4.78 is 4.95. The van der Waals surface area contributed by atoms with Crippen molar-refractivity contribution in [3.63, 3.8) is 0 Å². The number of aliphatic carboxylic acids is 1. The molecule has 0 aliphatic carbocycles. The zero-order chi connectivity index (χ0) is 13.8. The molecule has 1 saturated heterocycles. The topological polar surface area (TPSA) is 95.5 Å². The van der Waals surface area contributed by atoms with Crippen molar-refractivity contribution in [1.29, 1.82) is 0 Å². The second kappa shape index (κ2) is 5.83. The van der Waals surface area contributed by atoms with E-state index in [2.05, 4.69) is 9.97 Å². The molecule has 1 atom stereocenters. The maximum atomic E-state index is 11.6. The molecule has 2 heterocycles. The highest BCUT2D eigenvalue weighted by molar-refractivity contribution is 5.77. The molecule has 1 aliphatic rings. The monoisotopic (exact) mass is 267 g/mol. The number of carboxylic acids is 1. The van der Waals surface area contributed by atoms with Crippen molar-refractivity contribution in [2.75, 3.05) is 18.6 Å². The molecule has 19 heavy (non-hydrogen) atoms. The van der Waals surface area contributed by atoms with Crippen LogP contribution in [0.1, 0.15) is 25.0 Å². The number of nitrogens with one attached hydrogen (secondary N) is 1. The van der Waals surface area contributed by atoms with Crippen LogP contribution in [0.25, 0.3) is 0 Å². The predicted octanol–water partition coefficient (Wildman–Crippen LogP) is 0.360. The van der Waals surface area contributed by atoms with Gasteiger partial charge < -0.3 is 14.7 Å². The van der Waals surface area contributed by atoms with Crippen molar-refractivity contribution in [1.82, 2.24) is 9.97 Å². The predicted molar refractivity (Wildman–Crippen MR) is 68.2 cm³/mol. The molecule has 7 nitrogen and oxygen atoms in total. The van der Waals surface area contributed by atoms with Gasteiger partial charge >= 0.3 is 5.97 Å². The summed E-state index contributed by atoms with van der Waals surface area (Å²) in [6.07, 6.45) is 2.32. The number of rotatable bonds is 4. The van der Waals surface area contributed by atoms with Crippen molar-refractivity contribution in [3.8, 4) is 0 Å². The number of H-pyrrole nitrogens is 1. The third kappa shape index (κ3) is 3.11. The molecule has 104 valence electrons. The van der Waals surface area contributed by atoms with Gasteiger partial charge in [-0.05, 0) is 19.3 Å². The van der Waals surface area contributed by atoms with Crippen LogP contribution < -0.4 is 10.5 Å². The average Bonchev–Trinajstić information content (AvgIpc) is 2.38. The highest BCUT2D eigenvalue weighted by Gasteiger charge is 2.30. The molecule has 1 fully saturated rings. The first-order valence-corrected chi connectivity index (χ1v) is 6.20. The molecule has 0 aromatic carbocycles. The van der Waals surface area contributed by atoms with Crippen LogP contribution in [0.2, 0.25) is 0 Å². The SMILES string of the molecule is COCc1cc(=O)[nH]c(N2CCCCC2C(=O)O)n1. The molecule has 1 aromatic heterocycles. The minimum atomic E-state index is -0.889. The number of carbonyl (C=O) groups is 1. The number of ether oxygens (including phenoxy) is 1. The highest BCUT2D eigenvalue weighted by Crippen LogP contribution is 2.21. The number of aromatic amines is 1. The Labute approximate surface area is 110 Å². The number of anilines is 1. The maximum absolute atomic E-state index is 11.6. The summed E-state index contributed by atoms with van der Waals surface area (Å²) in [5, 5.41) is 9.23. The van der Waals surface area contributed by atoms with Gasteiger partial charge in [0.15, 0.2) is 0 Å². The first-order valence-electron chi connectivity index (χ1n) is 6.20. The second-order valence-corrected chi connectivity index (χ2v) is 4.54. The van der Waals surface area contributed by atoms with Crippen molar-refractivity contribution >= 4 is 11.9 Å². The molecule has 1 aliphatic heterocycles. The molecule has 1 aromatic rings. The zero-order valence-electron chi connectivity index (χ0n) is 10.8. The summed E-state index contributed by atoms with van der Waals surface area (Å²) in [7, 11) is 1.52. The van der Waals surface area contributed by atoms with Gasteiger partial charge in [0.05, 0.1) is 12.3 Å². The van der Waals surface area contributed by atoms with Gasteiger partial charge in [-0.2, -0.15) is 0 Å². The number of aromatic nitrogens is 2. The van der Waals surface area contributed by atoms with Crippen molar-refractivity contribution in [3.05, 3.63) is 22.1 Å². The van der Waals surface area contributed by atoms with Crippen LogP contribution in [0.4, 0.5) is 5.95 Å². The Kier molecular flexibility index (Phi) is 4.16. The average molecular weight is 267 g/mol. The van der Waals surface area contributed by atoms with E-state index in [-0.39, 0.29) is 12.2 Å². The molecular weight excluding hydrogens is 250 g/mol. The number of hydrogen-bond acceptors (Lipinski definition) is 5. The van der Waals surface area contributed by atoms with E-state index in [4.69, 9.17) is 4.74 Å². The van der Waals surface area contributed by atoms with Crippen molar-refractivity contribution in [2.45, 2.75) is 31.9 Å². The van der Waals surface area contributed by atoms with E-state index in [1.807, 2.05) is 0 Å². The quantitative estimate of drug-likeness (QED) is 0.817. The molecule has 0 spiro atoms. The number of piperidine rings is 1. The summed E-state index contributed by atoms with van der Waals surface area (Å²) in [4.78, 5) is 31.3. The number of methoxy groups -OCH3 is 1. The Hall–Kier alpha value is -1.89. The normalized spacial score (nSPS) is 19.4. The fourth-order valence-corrected chi connectivity index (χ4v) is 2.29. The Balaban J connectivity index is 2.33. The maximum Gasteiger partial charge on any atom is 0.326 e. The fourth-order valence-electron chi connectivity index (χ4n) is 2.29. The van der Waals surface area contributed by atoms with Gasteiger partial charge in [-0.1, -0.05) is 0 Å². The largest absolute Gasteiger partial charge is 0.480 e. The summed E-state index contributed by atoms with van der Waals surface area (Å²) in [6.45, 7) is 0.804. The van der Waals surface area contributed by atoms with Crippen LogP contribution in [0.3, 0.4) is 0 Å². The first-order chi connectivity index (χ1) is 9.11. The van der Waals surface area contributed by atoms with Gasteiger partial charge in [0, 0.05) is 19.7 Å². The van der Waals surface area contributed by atoms with Gasteiger partial charge in [0.25, 0.3) is 5.56 Å². The number of carboxylic acid groups (broad SMARTS) is 1. The van der Waals surface area contributed by atoms with Gasteiger partial charge in [-0.15, -0.1) is 0 Å². The van der Waals surface area contributed by atoms with Gasteiger partial charge in [0.1, 0.15) is 6.04 Å². The fraction of sp³-hybridized carbons (Fsp3) is 0.583. The lowest BCUT2D eigenvalue weighted by Crippen LogP contribution is -2.46. The van der Waals surface area contributed by atoms with Gasteiger partial charge in [-0.3, -0.25) is 9.78 Å². The molecule has 0 saturated carbocycles. The van der Waals surface area contributed by atoms with E-state index in [1.165, 1.54) is 13.2 Å². The van der Waals surface area contributed by atoms with Crippen LogP contribution in [0, 0.1) is 0 Å². The summed E-state index contributed by atoms with van der Waals surface area (Å²) in [5.41, 5.74) is 0.197. The minimum absolute atomic E-state index is 0.225. The zero-order valence-corrected chi connectivity index (χ0v) is 10.8. The van der Waals surface area contributed by atoms with Gasteiger partial charge in [-0.25, -0.2) is 9.78 Å². The van der Waals surface area contributed by atoms with E-state index < -0.39 is 12.0 Å². The third-order valence-corrected chi connectivity index (χ3v) is 3.13. The van der Waals surface area contributed by atoms with E-state index in [0.29, 0.717) is 24.6 Å². The molecule has 0 bridgehead atoms. The number of nitrogens with zero attached hydrogens (tertiary/aromatic N) is 2. The summed E-state index contributed by atoms with van der Waals surface area (Å²) in [6, 6.07) is 0.724. The Morgan fingerprint density at radius 3 is 3.11 bits per heavy atom. The lowest BCUT2D eigenvalue weighted by atomic mass is 10.0. The first kappa shape index (κ1) is 13.5. The molecule has 2 N–H and O–H groups in total. The van der Waals surface area contributed by atoms with Crippen LogP contribution in [-0.2, 0) is 16.1 Å². The van der Waals surface area contributed by atoms with Crippen LogP contribution in [0.5, 0.6) is 0 Å². The molecule has 7 heteroatoms. The standard InChI is InChI=1S/C12H17N3O4/c1-19-7-8-6-10(16)14-12(13-8)15-5-3-2-4-9(15)11(17)18/h6,9H,2-5,7H2,1H3,(H,17,18)(H,13,14,16). The van der Waals surface area contributed by atoms with E-state index in [1.54, 1.807) is 4.90 Å². The molecular formula is C12H17N3O4. The van der Waals surface area contributed by atoms with Crippen LogP contribution in [-0.4, -0.2) is 40.7 Å². The molecule has 0 radical (unpaired) electrons. The van der Waals surface area contributed by atoms with Crippen molar-refractivity contribution in [2.24, 2.45) is 0 Å². The van der Waals surface area contributed by atoms with E-state index >= 15 is 0 Å². The lowest BCUT2D eigenvalue weighted by Gasteiger charge is -2.33. The molecule has 2 rings (SSSR count). The Morgan fingerprint density at radius 2 is 2.42 bits per heavy atom. The van der Waals surface area contributed by atoms with Crippen LogP contribution >= 0.6 is 0 Å². The Morgan fingerprint density at radius 1 is 1.63 bits per heavy atom. The van der Waals surface area contributed by atoms with Gasteiger partial charge in [0.2, 0.25) is 5.95 Å².